The SMILES string of the molecule is CC/C=C\C/C=C\C/C=C\C/C=C\CCCCCCCCCCCCCCCCCCCCC(=O)OCC(COC(=O)CCCCC/C=C\C/C=C\C/C=C\CC)OC(=O)CCCCCCCC/C=C\C/C=C\C/C=C\CCCCCCC. The molecule has 1 unspecified atom stereocenters. The fourth-order valence-electron chi connectivity index (χ4n) is 9.75. The summed E-state index contributed by atoms with van der Waals surface area (Å²) >= 11 is 0. The van der Waals surface area contributed by atoms with Crippen LogP contribution in [0.15, 0.2) is 122 Å². The van der Waals surface area contributed by atoms with Crippen molar-refractivity contribution in [3.05, 3.63) is 122 Å². The van der Waals surface area contributed by atoms with E-state index in [4.69, 9.17) is 14.2 Å². The van der Waals surface area contributed by atoms with Crippen LogP contribution in [0.2, 0.25) is 0 Å². The Kier molecular flexibility index (Phi) is 66.7. The molecule has 0 aliphatic heterocycles. The van der Waals surface area contributed by atoms with E-state index in [2.05, 4.69) is 142 Å². The lowest BCUT2D eigenvalue weighted by molar-refractivity contribution is -0.167. The zero-order chi connectivity index (χ0) is 59.9. The average Bonchev–Trinajstić information content (AvgIpc) is 3.49. The first-order valence-corrected chi connectivity index (χ1v) is 35.0. The van der Waals surface area contributed by atoms with Crippen molar-refractivity contribution >= 4 is 17.9 Å². The van der Waals surface area contributed by atoms with Gasteiger partial charge in [-0.15, -0.1) is 0 Å². The number of hydrogen-bond donors (Lipinski definition) is 0. The summed E-state index contributed by atoms with van der Waals surface area (Å²) in [4.78, 5) is 38.4. The average molecular weight is 1150 g/mol. The lowest BCUT2D eigenvalue weighted by Gasteiger charge is -2.18. The largest absolute Gasteiger partial charge is 0.462 e. The van der Waals surface area contributed by atoms with E-state index in [9.17, 15) is 14.4 Å². The van der Waals surface area contributed by atoms with E-state index < -0.39 is 6.10 Å². The Balaban J connectivity index is 4.26. The highest BCUT2D eigenvalue weighted by molar-refractivity contribution is 5.71. The van der Waals surface area contributed by atoms with E-state index in [1.54, 1.807) is 0 Å². The highest BCUT2D eigenvalue weighted by Gasteiger charge is 2.19. The summed E-state index contributed by atoms with van der Waals surface area (Å²) in [5.41, 5.74) is 0. The second kappa shape index (κ2) is 70.3. The van der Waals surface area contributed by atoms with Crippen LogP contribution in [0.4, 0.5) is 0 Å². The zero-order valence-corrected chi connectivity index (χ0v) is 54.4. The molecule has 0 bridgehead atoms. The van der Waals surface area contributed by atoms with Gasteiger partial charge in [-0.05, 0) is 128 Å². The molecule has 83 heavy (non-hydrogen) atoms. The molecule has 0 N–H and O–H groups in total. The number of unbranched alkanes of at least 4 members (excludes halogenated alkanes) is 32. The minimum Gasteiger partial charge on any atom is -0.462 e. The third-order valence-electron chi connectivity index (χ3n) is 14.9. The van der Waals surface area contributed by atoms with Crippen LogP contribution in [0.1, 0.15) is 329 Å². The molecule has 0 fully saturated rings. The van der Waals surface area contributed by atoms with Gasteiger partial charge >= 0.3 is 17.9 Å². The standard InChI is InChI=1S/C77H130O6/c1-4-7-10-13-16-19-22-25-27-29-31-33-34-35-36-37-38-39-40-41-42-44-45-47-49-52-55-58-61-64-67-70-76(79)82-73-74(72-81-75(78)69-66-63-60-57-54-51-24-21-18-15-12-9-6-3)83-77(80)71-68-65-62-59-56-53-50-48-46-43-32-30-28-26-23-20-17-14-11-8-5-2/h7,9-10,12,16,18-19,21,23,25-27,30-33,46,48,51,54,74H,4-6,8,11,13-15,17,20,22,24,28-29,34-45,47,49-50,52-53,55-73H2,1-3H3/b10-7-,12-9-,19-16-,21-18-,26-23-,27-25-,32-30-,33-31-,48-46-,54-51-. The highest BCUT2D eigenvalue weighted by Crippen LogP contribution is 2.17. The van der Waals surface area contributed by atoms with E-state index in [0.717, 1.165) is 135 Å². The van der Waals surface area contributed by atoms with Crippen LogP contribution in [-0.4, -0.2) is 37.2 Å². The molecular weight excluding hydrogens is 1020 g/mol. The molecule has 1 atom stereocenters. The second-order valence-corrected chi connectivity index (χ2v) is 23.0. The first-order valence-electron chi connectivity index (χ1n) is 35.0. The van der Waals surface area contributed by atoms with Gasteiger partial charge in [-0.2, -0.15) is 0 Å². The second-order valence-electron chi connectivity index (χ2n) is 23.0. The van der Waals surface area contributed by atoms with Crippen molar-refractivity contribution < 1.29 is 28.6 Å². The Labute approximate surface area is 513 Å². The van der Waals surface area contributed by atoms with Gasteiger partial charge in [0.1, 0.15) is 13.2 Å². The predicted molar refractivity (Wildman–Crippen MR) is 362 cm³/mol. The lowest BCUT2D eigenvalue weighted by Crippen LogP contribution is -2.30. The minimum absolute atomic E-state index is 0.0924. The Hall–Kier alpha value is -4.19. The molecule has 6 nitrogen and oxygen atoms in total. The quantitative estimate of drug-likeness (QED) is 0.0261. The lowest BCUT2D eigenvalue weighted by atomic mass is 10.0. The molecule has 0 spiro atoms. The molecule has 6 heteroatoms. The van der Waals surface area contributed by atoms with Gasteiger partial charge in [0.15, 0.2) is 6.10 Å². The van der Waals surface area contributed by atoms with Crippen molar-refractivity contribution in [1.82, 2.24) is 0 Å². The smallest absolute Gasteiger partial charge is 0.306 e. The van der Waals surface area contributed by atoms with Gasteiger partial charge in [0.25, 0.3) is 0 Å². The van der Waals surface area contributed by atoms with Gasteiger partial charge in [-0.25, -0.2) is 0 Å². The molecule has 0 aromatic heterocycles. The van der Waals surface area contributed by atoms with Crippen LogP contribution in [0.5, 0.6) is 0 Å². The number of carbonyl (C=O) groups is 3. The van der Waals surface area contributed by atoms with Gasteiger partial charge in [0, 0.05) is 19.3 Å². The Morgan fingerprint density at radius 2 is 0.470 bits per heavy atom. The molecule has 0 aromatic carbocycles. The zero-order valence-electron chi connectivity index (χ0n) is 54.4. The minimum atomic E-state index is -0.800. The van der Waals surface area contributed by atoms with E-state index in [1.807, 2.05) is 0 Å². The predicted octanol–water partition coefficient (Wildman–Crippen LogP) is 24.3. The van der Waals surface area contributed by atoms with E-state index >= 15 is 0 Å². The number of ether oxygens (including phenoxy) is 3. The van der Waals surface area contributed by atoms with Crippen molar-refractivity contribution in [3.63, 3.8) is 0 Å². The summed E-state index contributed by atoms with van der Waals surface area (Å²) in [6, 6.07) is 0. The Morgan fingerprint density at radius 1 is 0.253 bits per heavy atom. The number of rotatable bonds is 63. The molecule has 0 heterocycles. The summed E-state index contributed by atoms with van der Waals surface area (Å²) in [6.07, 6.45) is 98.1. The molecule has 0 rings (SSSR count). The fourth-order valence-corrected chi connectivity index (χ4v) is 9.75. The Morgan fingerprint density at radius 3 is 0.747 bits per heavy atom. The monoisotopic (exact) mass is 1150 g/mol. The topological polar surface area (TPSA) is 78.9 Å². The summed E-state index contributed by atoms with van der Waals surface area (Å²) in [6.45, 7) is 6.39. The molecule has 0 amide bonds. The van der Waals surface area contributed by atoms with Gasteiger partial charge in [-0.3, -0.25) is 14.4 Å². The molecule has 0 aliphatic carbocycles. The van der Waals surface area contributed by atoms with Crippen molar-refractivity contribution in [2.75, 3.05) is 13.2 Å². The van der Waals surface area contributed by atoms with Gasteiger partial charge < -0.3 is 14.2 Å². The van der Waals surface area contributed by atoms with Crippen molar-refractivity contribution in [1.29, 1.82) is 0 Å². The maximum absolute atomic E-state index is 12.9. The van der Waals surface area contributed by atoms with Crippen LogP contribution in [0, 0.1) is 0 Å². The maximum atomic E-state index is 12.9. The number of allylic oxidation sites excluding steroid dienone is 20. The van der Waals surface area contributed by atoms with Gasteiger partial charge in [-0.1, -0.05) is 303 Å². The van der Waals surface area contributed by atoms with E-state index in [1.165, 1.54) is 154 Å². The summed E-state index contributed by atoms with van der Waals surface area (Å²) in [5, 5.41) is 0. The normalized spacial score (nSPS) is 12.9. The number of carbonyl (C=O) groups excluding carboxylic acids is 3. The van der Waals surface area contributed by atoms with Crippen molar-refractivity contribution in [3.8, 4) is 0 Å². The van der Waals surface area contributed by atoms with Crippen molar-refractivity contribution in [2.24, 2.45) is 0 Å². The summed E-state index contributed by atoms with van der Waals surface area (Å²) in [5.74, 6) is -0.925. The van der Waals surface area contributed by atoms with Crippen LogP contribution < -0.4 is 0 Å². The number of hydrogen-bond acceptors (Lipinski definition) is 6. The van der Waals surface area contributed by atoms with Crippen molar-refractivity contribution in [2.45, 2.75) is 335 Å². The summed E-state index contributed by atoms with van der Waals surface area (Å²) < 4.78 is 16.9. The Bertz CT molecular complexity index is 1700. The summed E-state index contributed by atoms with van der Waals surface area (Å²) in [7, 11) is 0. The fraction of sp³-hybridized carbons (Fsp3) is 0.701. The van der Waals surface area contributed by atoms with Crippen LogP contribution in [-0.2, 0) is 28.6 Å². The van der Waals surface area contributed by atoms with E-state index in [-0.39, 0.29) is 31.1 Å². The molecular formula is C77H130O6. The van der Waals surface area contributed by atoms with Crippen LogP contribution in [0.25, 0.3) is 0 Å². The number of esters is 3. The molecule has 0 aromatic rings. The van der Waals surface area contributed by atoms with Crippen LogP contribution in [0.3, 0.4) is 0 Å². The third kappa shape index (κ3) is 68.5. The third-order valence-corrected chi connectivity index (χ3v) is 14.9. The first kappa shape index (κ1) is 78.8. The maximum Gasteiger partial charge on any atom is 0.306 e. The molecule has 0 saturated carbocycles. The van der Waals surface area contributed by atoms with E-state index in [0.29, 0.717) is 19.3 Å². The molecule has 0 aliphatic rings. The van der Waals surface area contributed by atoms with Gasteiger partial charge in [0.05, 0.1) is 0 Å². The first-order chi connectivity index (χ1) is 41.0. The highest BCUT2D eigenvalue weighted by atomic mass is 16.6. The molecule has 474 valence electrons. The van der Waals surface area contributed by atoms with Gasteiger partial charge in [0.2, 0.25) is 0 Å². The molecule has 0 radical (unpaired) electrons. The van der Waals surface area contributed by atoms with Crippen LogP contribution >= 0.6 is 0 Å². The molecule has 0 saturated heterocycles.